The molecular weight excluding hydrogens is 412 g/mol. The van der Waals surface area contributed by atoms with Crippen molar-refractivity contribution < 1.29 is 9.72 Å². The molecule has 4 rings (SSSR count). The van der Waals surface area contributed by atoms with Crippen LogP contribution in [0.3, 0.4) is 0 Å². The Morgan fingerprint density at radius 3 is 2.06 bits per heavy atom. The molecule has 0 fully saturated rings. The van der Waals surface area contributed by atoms with E-state index in [-0.39, 0.29) is 22.2 Å². The second kappa shape index (κ2) is 8.85. The number of carbonyl (C=O) groups is 1. The second-order valence-electron chi connectivity index (χ2n) is 6.62. The highest BCUT2D eigenvalue weighted by Crippen LogP contribution is 2.36. The van der Waals surface area contributed by atoms with Gasteiger partial charge < -0.3 is 0 Å². The van der Waals surface area contributed by atoms with Crippen LogP contribution in [0.5, 0.6) is 0 Å². The summed E-state index contributed by atoms with van der Waals surface area (Å²) in [5.41, 5.74) is 3.09. The molecule has 0 saturated heterocycles. The molecule has 7 nitrogen and oxygen atoms in total. The van der Waals surface area contributed by atoms with Crippen LogP contribution in [-0.2, 0) is 0 Å². The van der Waals surface area contributed by atoms with Crippen molar-refractivity contribution in [1.29, 1.82) is 0 Å². The summed E-state index contributed by atoms with van der Waals surface area (Å²) in [6.45, 7) is 1.37. The lowest BCUT2D eigenvalue weighted by Gasteiger charge is -2.09. The summed E-state index contributed by atoms with van der Waals surface area (Å²) in [6.07, 6.45) is 0. The van der Waals surface area contributed by atoms with Crippen molar-refractivity contribution in [1.82, 2.24) is 15.2 Å². The van der Waals surface area contributed by atoms with E-state index in [1.165, 1.54) is 19.1 Å². The first-order valence-electron chi connectivity index (χ1n) is 9.35. The number of nitro groups is 1. The molecule has 0 N–H and O–H groups in total. The molecule has 4 aromatic rings. The number of carbonyl (C=O) groups excluding carboxylic acids is 1. The molecule has 0 aliphatic carbocycles. The number of hydrogen-bond acceptors (Lipinski definition) is 7. The van der Waals surface area contributed by atoms with Crippen LogP contribution >= 0.6 is 11.8 Å². The highest BCUT2D eigenvalue weighted by Gasteiger charge is 2.20. The number of nitro benzene ring substituents is 1. The molecule has 0 aliphatic rings. The van der Waals surface area contributed by atoms with Crippen molar-refractivity contribution in [2.45, 2.75) is 17.0 Å². The quantitative estimate of drug-likeness (QED) is 0.228. The molecule has 0 atom stereocenters. The fourth-order valence-corrected chi connectivity index (χ4v) is 3.80. The van der Waals surface area contributed by atoms with E-state index in [1.807, 2.05) is 60.7 Å². The van der Waals surface area contributed by atoms with Crippen molar-refractivity contribution in [2.24, 2.45) is 0 Å². The Morgan fingerprint density at radius 2 is 1.48 bits per heavy atom. The number of hydrogen-bond donors (Lipinski definition) is 0. The van der Waals surface area contributed by atoms with Gasteiger partial charge in [-0.15, -0.1) is 10.2 Å². The SMILES string of the molecule is CC(=O)c1ccc(Sc2nnc(-c3ccccc3)c(-c3ccccc3)n2)c([N+](=O)[O-])c1. The van der Waals surface area contributed by atoms with Crippen LogP contribution in [0, 0.1) is 10.1 Å². The maximum absolute atomic E-state index is 11.6. The van der Waals surface area contributed by atoms with E-state index in [2.05, 4.69) is 15.2 Å². The van der Waals surface area contributed by atoms with Crippen molar-refractivity contribution in [3.8, 4) is 22.5 Å². The molecule has 0 spiro atoms. The molecule has 3 aromatic carbocycles. The van der Waals surface area contributed by atoms with Gasteiger partial charge in [-0.25, -0.2) is 4.98 Å². The molecule has 0 bridgehead atoms. The molecule has 1 heterocycles. The largest absolute Gasteiger partial charge is 0.295 e. The van der Waals surface area contributed by atoms with Gasteiger partial charge in [-0.3, -0.25) is 14.9 Å². The zero-order valence-electron chi connectivity index (χ0n) is 16.4. The molecule has 152 valence electrons. The second-order valence-corrected chi connectivity index (χ2v) is 7.63. The molecule has 0 aliphatic heterocycles. The minimum atomic E-state index is -0.515. The van der Waals surface area contributed by atoms with E-state index >= 15 is 0 Å². The van der Waals surface area contributed by atoms with Gasteiger partial charge in [-0.2, -0.15) is 0 Å². The lowest BCUT2D eigenvalue weighted by atomic mass is 10.0. The molecule has 8 heteroatoms. The molecular formula is C23H16N4O3S. The third kappa shape index (κ3) is 4.49. The Balaban J connectivity index is 1.79. The topological polar surface area (TPSA) is 98.9 Å². The molecule has 0 unspecified atom stereocenters. The third-order valence-corrected chi connectivity index (χ3v) is 5.45. The zero-order chi connectivity index (χ0) is 21.8. The predicted molar refractivity (Wildman–Crippen MR) is 118 cm³/mol. The number of benzene rings is 3. The highest BCUT2D eigenvalue weighted by atomic mass is 32.2. The van der Waals surface area contributed by atoms with Crippen LogP contribution in [0.1, 0.15) is 17.3 Å². The summed E-state index contributed by atoms with van der Waals surface area (Å²) in [4.78, 5) is 27.6. The van der Waals surface area contributed by atoms with Crippen molar-refractivity contribution >= 4 is 23.2 Å². The molecule has 0 radical (unpaired) electrons. The van der Waals surface area contributed by atoms with E-state index in [0.717, 1.165) is 22.9 Å². The number of rotatable bonds is 6. The minimum Gasteiger partial charge on any atom is -0.295 e. The molecule has 0 amide bonds. The van der Waals surface area contributed by atoms with Gasteiger partial charge in [0.2, 0.25) is 5.16 Å². The summed E-state index contributed by atoms with van der Waals surface area (Å²) in [7, 11) is 0. The Bertz CT molecular complexity index is 1260. The van der Waals surface area contributed by atoms with E-state index in [1.54, 1.807) is 6.07 Å². The number of aromatic nitrogens is 3. The fraction of sp³-hybridized carbons (Fsp3) is 0.0435. The van der Waals surface area contributed by atoms with Crippen molar-refractivity contribution in [3.05, 3.63) is 94.5 Å². The lowest BCUT2D eigenvalue weighted by Crippen LogP contribution is -2.00. The van der Waals surface area contributed by atoms with Crippen LogP contribution in [0.15, 0.2) is 88.9 Å². The monoisotopic (exact) mass is 428 g/mol. The van der Waals surface area contributed by atoms with Gasteiger partial charge in [0.15, 0.2) is 5.78 Å². The first-order valence-corrected chi connectivity index (χ1v) is 10.2. The first kappa shape index (κ1) is 20.4. The highest BCUT2D eigenvalue weighted by molar-refractivity contribution is 7.99. The molecule has 0 saturated carbocycles. The number of nitrogens with zero attached hydrogens (tertiary/aromatic N) is 4. The predicted octanol–water partition coefficient (Wildman–Crippen LogP) is 5.47. The number of ketones is 1. The first-order chi connectivity index (χ1) is 15.0. The Hall–Kier alpha value is -3.91. The van der Waals surface area contributed by atoms with Crippen molar-refractivity contribution in [2.75, 3.05) is 0 Å². The smallest absolute Gasteiger partial charge is 0.284 e. The maximum atomic E-state index is 11.6. The zero-order valence-corrected chi connectivity index (χ0v) is 17.2. The lowest BCUT2D eigenvalue weighted by molar-refractivity contribution is -0.387. The maximum Gasteiger partial charge on any atom is 0.284 e. The summed E-state index contributed by atoms with van der Waals surface area (Å²) >= 11 is 1.04. The van der Waals surface area contributed by atoms with Crippen LogP contribution in [0.4, 0.5) is 5.69 Å². The summed E-state index contributed by atoms with van der Waals surface area (Å²) in [5.74, 6) is -0.240. The molecule has 31 heavy (non-hydrogen) atoms. The Kier molecular flexibility index (Phi) is 5.81. The van der Waals surface area contributed by atoms with Crippen LogP contribution < -0.4 is 0 Å². The average molecular weight is 428 g/mol. The van der Waals surface area contributed by atoms with E-state index < -0.39 is 4.92 Å². The average Bonchev–Trinajstić information content (AvgIpc) is 2.80. The minimum absolute atomic E-state index is 0.172. The summed E-state index contributed by atoms with van der Waals surface area (Å²) in [6, 6.07) is 23.5. The van der Waals surface area contributed by atoms with Gasteiger partial charge in [-0.05, 0) is 30.8 Å². The third-order valence-electron chi connectivity index (χ3n) is 4.53. The van der Waals surface area contributed by atoms with E-state index in [4.69, 9.17) is 0 Å². The van der Waals surface area contributed by atoms with E-state index in [9.17, 15) is 14.9 Å². The van der Waals surface area contributed by atoms with Crippen LogP contribution in [0.2, 0.25) is 0 Å². The summed E-state index contributed by atoms with van der Waals surface area (Å²) in [5, 5.41) is 20.4. The Morgan fingerprint density at radius 1 is 0.871 bits per heavy atom. The van der Waals surface area contributed by atoms with Gasteiger partial charge in [0.1, 0.15) is 11.4 Å². The van der Waals surface area contributed by atoms with Crippen molar-refractivity contribution in [3.63, 3.8) is 0 Å². The Labute approximate surface area is 182 Å². The van der Waals surface area contributed by atoms with Gasteiger partial charge in [0.25, 0.3) is 5.69 Å². The summed E-state index contributed by atoms with van der Waals surface area (Å²) < 4.78 is 0. The van der Waals surface area contributed by atoms with Gasteiger partial charge >= 0.3 is 0 Å². The molecule has 1 aromatic heterocycles. The van der Waals surface area contributed by atoms with E-state index in [0.29, 0.717) is 16.3 Å². The number of Topliss-reactive ketones (excluding diaryl/α,β-unsaturated/α-hetero) is 1. The van der Waals surface area contributed by atoms with Gasteiger partial charge in [0, 0.05) is 22.8 Å². The van der Waals surface area contributed by atoms with Crippen LogP contribution in [0.25, 0.3) is 22.5 Å². The van der Waals surface area contributed by atoms with Crippen LogP contribution in [-0.4, -0.2) is 25.9 Å². The standard InChI is InChI=1S/C23H16N4O3S/c1-15(28)18-12-13-20(19(14-18)27(29)30)31-23-24-21(16-8-4-2-5-9-16)22(25-26-23)17-10-6-3-7-11-17/h2-14H,1H3. The fourth-order valence-electron chi connectivity index (χ4n) is 3.01. The van der Waals surface area contributed by atoms with Gasteiger partial charge in [-0.1, -0.05) is 60.7 Å². The van der Waals surface area contributed by atoms with Gasteiger partial charge in [0.05, 0.1) is 9.82 Å². The normalized spacial score (nSPS) is 10.6.